The number of ether oxygens (including phenoxy) is 2. The average molecular weight is 447 g/mol. The quantitative estimate of drug-likeness (QED) is 0.641. The fraction of sp³-hybridized carbons (Fsp3) is 0.292. The van der Waals surface area contributed by atoms with Crippen molar-refractivity contribution in [3.63, 3.8) is 0 Å². The molecule has 0 spiro atoms. The standard InChI is InChI=1S/C24H25N5O4/c30-23(21-16-32-13-14-33-21)28-10-7-18(8-11-28)17-1-3-19(4-2-17)26-24(31)27-20-5-6-22-25-9-12-29(22)15-20/h1-7,9,12,15,21H,8,10-11,13-14,16H2,(H2,26,27,31). The molecule has 0 saturated carbocycles. The number of pyridine rings is 1. The van der Waals surface area contributed by atoms with E-state index in [1.807, 2.05) is 58.1 Å². The Hall–Kier alpha value is -3.69. The van der Waals surface area contributed by atoms with Gasteiger partial charge in [-0.15, -0.1) is 0 Å². The van der Waals surface area contributed by atoms with Gasteiger partial charge in [0.1, 0.15) is 5.65 Å². The van der Waals surface area contributed by atoms with Crippen LogP contribution < -0.4 is 10.6 Å². The summed E-state index contributed by atoms with van der Waals surface area (Å²) in [7, 11) is 0. The monoisotopic (exact) mass is 447 g/mol. The maximum absolute atomic E-state index is 12.6. The fourth-order valence-corrected chi connectivity index (χ4v) is 4.02. The SMILES string of the molecule is O=C(Nc1ccc(C2=CCN(C(=O)C3COCCO3)CC2)cc1)Nc1ccc2nccn2c1. The predicted octanol–water partition coefficient (Wildman–Crippen LogP) is 3.01. The van der Waals surface area contributed by atoms with Crippen molar-refractivity contribution in [1.29, 1.82) is 0 Å². The zero-order valence-electron chi connectivity index (χ0n) is 18.1. The number of carbonyl (C=O) groups is 2. The summed E-state index contributed by atoms with van der Waals surface area (Å²) in [6, 6.07) is 11.0. The predicted molar refractivity (Wildman–Crippen MR) is 124 cm³/mol. The lowest BCUT2D eigenvalue weighted by Gasteiger charge is -2.31. The number of aromatic nitrogens is 2. The molecule has 1 saturated heterocycles. The van der Waals surface area contributed by atoms with Crippen molar-refractivity contribution in [2.75, 3.05) is 43.5 Å². The molecule has 4 heterocycles. The summed E-state index contributed by atoms with van der Waals surface area (Å²) in [5, 5.41) is 5.67. The van der Waals surface area contributed by atoms with Gasteiger partial charge in [-0.1, -0.05) is 18.2 Å². The lowest BCUT2D eigenvalue weighted by molar-refractivity contribution is -0.157. The zero-order chi connectivity index (χ0) is 22.6. The Labute approximate surface area is 191 Å². The molecule has 3 amide bonds. The van der Waals surface area contributed by atoms with Crippen LogP contribution in [0.3, 0.4) is 0 Å². The van der Waals surface area contributed by atoms with Gasteiger partial charge in [-0.25, -0.2) is 9.78 Å². The molecule has 2 aliphatic heterocycles. The number of amides is 3. The molecule has 2 aromatic heterocycles. The molecule has 9 heteroatoms. The minimum Gasteiger partial charge on any atom is -0.376 e. The van der Waals surface area contributed by atoms with Crippen LogP contribution in [0.2, 0.25) is 0 Å². The van der Waals surface area contributed by atoms with Crippen molar-refractivity contribution in [3.05, 3.63) is 66.6 Å². The molecule has 0 bridgehead atoms. The molecule has 9 nitrogen and oxygen atoms in total. The van der Waals surface area contributed by atoms with Gasteiger partial charge >= 0.3 is 6.03 Å². The Bertz CT molecular complexity index is 1180. The van der Waals surface area contributed by atoms with E-state index in [0.717, 1.165) is 17.6 Å². The molecular formula is C24H25N5O4. The van der Waals surface area contributed by atoms with Gasteiger partial charge in [0.05, 0.1) is 25.5 Å². The van der Waals surface area contributed by atoms with Gasteiger partial charge in [0.25, 0.3) is 5.91 Å². The number of hydrogen-bond acceptors (Lipinski definition) is 5. The second kappa shape index (κ2) is 9.43. The van der Waals surface area contributed by atoms with Crippen LogP contribution in [0.5, 0.6) is 0 Å². The van der Waals surface area contributed by atoms with Gasteiger partial charge in [-0.3, -0.25) is 4.79 Å². The molecule has 0 radical (unpaired) electrons. The van der Waals surface area contributed by atoms with Crippen LogP contribution in [0.4, 0.5) is 16.2 Å². The Kier molecular flexibility index (Phi) is 6.05. The molecule has 0 aliphatic carbocycles. The van der Waals surface area contributed by atoms with E-state index in [-0.39, 0.29) is 11.9 Å². The first kappa shape index (κ1) is 21.2. The maximum atomic E-state index is 12.6. The lowest BCUT2D eigenvalue weighted by Crippen LogP contribution is -2.46. The van der Waals surface area contributed by atoms with Crippen molar-refractivity contribution in [2.24, 2.45) is 0 Å². The van der Waals surface area contributed by atoms with E-state index in [4.69, 9.17) is 9.47 Å². The van der Waals surface area contributed by atoms with Crippen molar-refractivity contribution in [2.45, 2.75) is 12.5 Å². The molecule has 1 atom stereocenters. The smallest absolute Gasteiger partial charge is 0.323 e. The van der Waals surface area contributed by atoms with Crippen LogP contribution in [0.1, 0.15) is 12.0 Å². The van der Waals surface area contributed by atoms with Crippen LogP contribution in [0.15, 0.2) is 61.1 Å². The number of fused-ring (bicyclic) bond motifs is 1. The van der Waals surface area contributed by atoms with E-state index in [0.29, 0.717) is 44.3 Å². The van der Waals surface area contributed by atoms with Crippen LogP contribution in [0.25, 0.3) is 11.2 Å². The van der Waals surface area contributed by atoms with Crippen LogP contribution in [-0.2, 0) is 14.3 Å². The van der Waals surface area contributed by atoms with Crippen LogP contribution >= 0.6 is 0 Å². The summed E-state index contributed by atoms with van der Waals surface area (Å²) in [5.41, 5.74) is 4.45. The number of urea groups is 1. The average Bonchev–Trinajstić information content (AvgIpc) is 3.33. The van der Waals surface area contributed by atoms with E-state index in [9.17, 15) is 9.59 Å². The van der Waals surface area contributed by atoms with Gasteiger partial charge in [0, 0.05) is 37.4 Å². The van der Waals surface area contributed by atoms with Crippen LogP contribution in [0, 0.1) is 0 Å². The minimum absolute atomic E-state index is 0.0113. The maximum Gasteiger partial charge on any atom is 0.323 e. The number of carbonyl (C=O) groups excluding carboxylic acids is 2. The lowest BCUT2D eigenvalue weighted by atomic mass is 9.99. The summed E-state index contributed by atoms with van der Waals surface area (Å²) in [6.07, 6.45) is 7.69. The van der Waals surface area contributed by atoms with Gasteiger partial charge in [0.2, 0.25) is 0 Å². The normalized spacial score (nSPS) is 18.6. The van der Waals surface area contributed by atoms with Gasteiger partial charge in [-0.05, 0) is 41.8 Å². The first-order valence-corrected chi connectivity index (χ1v) is 10.9. The Morgan fingerprint density at radius 2 is 1.85 bits per heavy atom. The summed E-state index contributed by atoms with van der Waals surface area (Å²) in [5.74, 6) is -0.0113. The van der Waals surface area contributed by atoms with E-state index >= 15 is 0 Å². The zero-order valence-corrected chi connectivity index (χ0v) is 18.1. The largest absolute Gasteiger partial charge is 0.376 e. The molecule has 5 rings (SSSR count). The molecule has 33 heavy (non-hydrogen) atoms. The highest BCUT2D eigenvalue weighted by Gasteiger charge is 2.28. The Morgan fingerprint density at radius 3 is 2.61 bits per heavy atom. The van der Waals surface area contributed by atoms with Gasteiger partial charge in [-0.2, -0.15) is 0 Å². The van der Waals surface area contributed by atoms with Crippen molar-refractivity contribution in [1.82, 2.24) is 14.3 Å². The number of rotatable bonds is 4. The first-order valence-electron chi connectivity index (χ1n) is 10.9. The Balaban J connectivity index is 1.16. The highest BCUT2D eigenvalue weighted by Crippen LogP contribution is 2.24. The summed E-state index contributed by atoms with van der Waals surface area (Å²) in [6.45, 7) is 2.53. The van der Waals surface area contributed by atoms with E-state index in [1.54, 1.807) is 6.20 Å². The molecule has 3 aromatic rings. The molecule has 1 fully saturated rings. The number of nitrogens with zero attached hydrogens (tertiary/aromatic N) is 3. The van der Waals surface area contributed by atoms with Crippen molar-refractivity contribution < 1.29 is 19.1 Å². The third-order valence-electron chi connectivity index (χ3n) is 5.77. The number of nitrogens with one attached hydrogen (secondary N) is 2. The fourth-order valence-electron chi connectivity index (χ4n) is 4.02. The number of hydrogen-bond donors (Lipinski definition) is 2. The highest BCUT2D eigenvalue weighted by atomic mass is 16.6. The number of benzene rings is 1. The number of anilines is 2. The molecule has 1 aromatic carbocycles. The van der Waals surface area contributed by atoms with Crippen molar-refractivity contribution in [3.8, 4) is 0 Å². The van der Waals surface area contributed by atoms with Crippen molar-refractivity contribution >= 4 is 34.5 Å². The topological polar surface area (TPSA) is 97.2 Å². The Morgan fingerprint density at radius 1 is 1.03 bits per heavy atom. The second-order valence-electron chi connectivity index (χ2n) is 7.96. The van der Waals surface area contributed by atoms with Gasteiger partial charge in [0.15, 0.2) is 6.10 Å². The third kappa shape index (κ3) is 4.89. The summed E-state index contributed by atoms with van der Waals surface area (Å²) >= 11 is 0. The van der Waals surface area contributed by atoms with E-state index in [1.165, 1.54) is 5.57 Å². The van der Waals surface area contributed by atoms with Gasteiger partial charge < -0.3 is 29.4 Å². The highest BCUT2D eigenvalue weighted by molar-refractivity contribution is 5.99. The first-order chi connectivity index (χ1) is 16.2. The number of imidazole rings is 1. The molecular weight excluding hydrogens is 422 g/mol. The molecule has 1 unspecified atom stereocenters. The van der Waals surface area contributed by atoms with Crippen LogP contribution in [-0.4, -0.2) is 65.2 Å². The molecule has 2 aliphatic rings. The minimum atomic E-state index is -0.493. The van der Waals surface area contributed by atoms with E-state index < -0.39 is 6.10 Å². The second-order valence-corrected chi connectivity index (χ2v) is 7.96. The summed E-state index contributed by atoms with van der Waals surface area (Å²) < 4.78 is 12.7. The third-order valence-corrected chi connectivity index (χ3v) is 5.77. The molecule has 170 valence electrons. The summed E-state index contributed by atoms with van der Waals surface area (Å²) in [4.78, 5) is 30.9. The molecule has 2 N–H and O–H groups in total. The van der Waals surface area contributed by atoms with E-state index in [2.05, 4.69) is 21.7 Å².